The minimum Gasteiger partial charge on any atom is -0.368 e. The van der Waals surface area contributed by atoms with Crippen LogP contribution in [0.4, 0.5) is 5.69 Å². The number of aromatic nitrogens is 3. The highest BCUT2D eigenvalue weighted by atomic mass is 16.1. The van der Waals surface area contributed by atoms with Crippen molar-refractivity contribution in [2.75, 3.05) is 11.9 Å². The summed E-state index contributed by atoms with van der Waals surface area (Å²) in [6.45, 7) is 8.84. The Balaban J connectivity index is 1.61. The van der Waals surface area contributed by atoms with Crippen LogP contribution in [0.15, 0.2) is 48.5 Å². The second-order valence-corrected chi connectivity index (χ2v) is 9.77. The van der Waals surface area contributed by atoms with Crippen LogP contribution in [0.1, 0.15) is 52.4 Å². The van der Waals surface area contributed by atoms with E-state index in [-0.39, 0.29) is 5.91 Å². The Morgan fingerprint density at radius 1 is 1.17 bits per heavy atom. The lowest BCUT2D eigenvalue weighted by Gasteiger charge is -2.29. The molecule has 0 spiro atoms. The molecule has 0 fully saturated rings. The molecule has 0 saturated carbocycles. The van der Waals surface area contributed by atoms with Gasteiger partial charge in [0.1, 0.15) is 6.29 Å². The van der Waals surface area contributed by atoms with E-state index in [0.717, 1.165) is 51.1 Å². The topological polar surface area (TPSA) is 83.0 Å². The molecular weight excluding hydrogens is 438 g/mol. The number of nitrogens with zero attached hydrogens (tertiary/aromatic N) is 3. The third kappa shape index (κ3) is 4.85. The molecule has 7 nitrogen and oxygen atoms in total. The second-order valence-electron chi connectivity index (χ2n) is 9.77. The summed E-state index contributed by atoms with van der Waals surface area (Å²) >= 11 is 0. The molecule has 182 valence electrons. The molecule has 0 aliphatic heterocycles. The average molecular weight is 472 g/mol. The summed E-state index contributed by atoms with van der Waals surface area (Å²) in [6.07, 6.45) is 0.953. The van der Waals surface area contributed by atoms with Crippen molar-refractivity contribution in [3.05, 3.63) is 82.3 Å². The molecule has 1 amide bonds. The van der Waals surface area contributed by atoms with Gasteiger partial charge in [0, 0.05) is 42.0 Å². The van der Waals surface area contributed by atoms with Crippen LogP contribution in [0.25, 0.3) is 10.9 Å². The number of nitrogens with one attached hydrogen (secondary N) is 2. The molecule has 0 atom stereocenters. The summed E-state index contributed by atoms with van der Waals surface area (Å²) in [4.78, 5) is 30.4. The Hall–Kier alpha value is -3.87. The second kappa shape index (κ2) is 9.41. The van der Waals surface area contributed by atoms with Crippen molar-refractivity contribution in [1.82, 2.24) is 20.1 Å². The number of hydrogen-bond acceptors (Lipinski definition) is 4. The number of aldehydes is 1. The van der Waals surface area contributed by atoms with Gasteiger partial charge in [-0.15, -0.1) is 0 Å². The van der Waals surface area contributed by atoms with Gasteiger partial charge in [-0.3, -0.25) is 9.48 Å². The van der Waals surface area contributed by atoms with Gasteiger partial charge in [0.2, 0.25) is 0 Å². The Morgan fingerprint density at radius 2 is 1.91 bits per heavy atom. The molecular formula is C28H33N5O2. The molecule has 4 aromatic rings. The SMILES string of the molecule is Cc1nn(C)c(CN(C)c2cc(C(=O)NCc3cc4ccccc4[nH]3)ccc2C(C)(C)C=O)c1C. The molecule has 0 radical (unpaired) electrons. The molecule has 35 heavy (non-hydrogen) atoms. The highest BCUT2D eigenvalue weighted by Gasteiger charge is 2.26. The summed E-state index contributed by atoms with van der Waals surface area (Å²) in [5.41, 5.74) is 6.79. The smallest absolute Gasteiger partial charge is 0.251 e. The Bertz CT molecular complexity index is 1360. The van der Waals surface area contributed by atoms with Crippen LogP contribution in [-0.2, 0) is 30.3 Å². The first-order chi connectivity index (χ1) is 16.6. The molecule has 2 N–H and O–H groups in total. The molecule has 0 bridgehead atoms. The van der Waals surface area contributed by atoms with Gasteiger partial charge in [-0.25, -0.2) is 0 Å². The third-order valence-electron chi connectivity index (χ3n) is 6.74. The zero-order valence-electron chi connectivity index (χ0n) is 21.3. The molecule has 2 aromatic heterocycles. The lowest BCUT2D eigenvalue weighted by molar-refractivity contribution is -0.111. The summed E-state index contributed by atoms with van der Waals surface area (Å²) in [5.74, 6) is -0.165. The van der Waals surface area contributed by atoms with Gasteiger partial charge in [0.15, 0.2) is 0 Å². The van der Waals surface area contributed by atoms with Crippen LogP contribution in [0.3, 0.4) is 0 Å². The Kier molecular flexibility index (Phi) is 6.52. The number of H-pyrrole nitrogens is 1. The molecule has 7 heteroatoms. The fraction of sp³-hybridized carbons (Fsp3) is 0.321. The summed E-state index contributed by atoms with van der Waals surface area (Å²) in [6, 6.07) is 15.6. The fourth-order valence-corrected chi connectivity index (χ4v) is 4.45. The largest absolute Gasteiger partial charge is 0.368 e. The van der Waals surface area contributed by atoms with Crippen molar-refractivity contribution in [2.24, 2.45) is 7.05 Å². The normalized spacial score (nSPS) is 11.6. The Labute approximate surface area is 206 Å². The average Bonchev–Trinajstić information content (AvgIpc) is 3.37. The van der Waals surface area contributed by atoms with Gasteiger partial charge in [-0.1, -0.05) is 24.3 Å². The van der Waals surface area contributed by atoms with Crippen molar-refractivity contribution in [2.45, 2.75) is 46.2 Å². The van der Waals surface area contributed by atoms with Crippen LogP contribution in [0, 0.1) is 13.8 Å². The number of amides is 1. The van der Waals surface area contributed by atoms with Crippen molar-refractivity contribution in [3.63, 3.8) is 0 Å². The highest BCUT2D eigenvalue weighted by Crippen LogP contribution is 2.33. The van der Waals surface area contributed by atoms with E-state index in [0.29, 0.717) is 18.7 Å². The van der Waals surface area contributed by atoms with Crippen LogP contribution in [-0.4, -0.2) is 34.0 Å². The number of aryl methyl sites for hydroxylation is 2. The van der Waals surface area contributed by atoms with E-state index in [1.165, 1.54) is 0 Å². The van der Waals surface area contributed by atoms with E-state index in [9.17, 15) is 9.59 Å². The number of anilines is 1. The number of fused-ring (bicyclic) bond motifs is 1. The summed E-state index contributed by atoms with van der Waals surface area (Å²) < 4.78 is 1.89. The number of hydrogen-bond donors (Lipinski definition) is 2. The van der Waals surface area contributed by atoms with Gasteiger partial charge in [-0.2, -0.15) is 5.10 Å². The molecule has 0 aliphatic carbocycles. The fourth-order valence-electron chi connectivity index (χ4n) is 4.45. The Morgan fingerprint density at radius 3 is 2.57 bits per heavy atom. The first kappa shape index (κ1) is 24.3. The van der Waals surface area contributed by atoms with E-state index < -0.39 is 5.41 Å². The number of rotatable bonds is 8. The predicted octanol–water partition coefficient (Wildman–Crippen LogP) is 4.56. The first-order valence-electron chi connectivity index (χ1n) is 11.8. The monoisotopic (exact) mass is 471 g/mol. The van der Waals surface area contributed by atoms with Gasteiger partial charge in [0.05, 0.1) is 24.5 Å². The van der Waals surface area contributed by atoms with E-state index >= 15 is 0 Å². The third-order valence-corrected chi connectivity index (χ3v) is 6.74. The highest BCUT2D eigenvalue weighted by molar-refractivity contribution is 5.96. The minimum atomic E-state index is -0.694. The van der Waals surface area contributed by atoms with Crippen LogP contribution >= 0.6 is 0 Å². The maximum absolute atomic E-state index is 13.1. The molecule has 2 aromatic carbocycles. The maximum Gasteiger partial charge on any atom is 0.251 e. The van der Waals surface area contributed by atoms with Crippen LogP contribution < -0.4 is 10.2 Å². The van der Waals surface area contributed by atoms with Crippen LogP contribution in [0.5, 0.6) is 0 Å². The summed E-state index contributed by atoms with van der Waals surface area (Å²) in [5, 5.41) is 8.65. The molecule has 2 heterocycles. The van der Waals surface area contributed by atoms with Gasteiger partial charge in [-0.05, 0) is 68.5 Å². The van der Waals surface area contributed by atoms with E-state index in [4.69, 9.17) is 0 Å². The van der Waals surface area contributed by atoms with Gasteiger partial charge in [0.25, 0.3) is 5.91 Å². The lowest BCUT2D eigenvalue weighted by atomic mass is 9.84. The predicted molar refractivity (Wildman–Crippen MR) is 140 cm³/mol. The quantitative estimate of drug-likeness (QED) is 0.369. The molecule has 4 rings (SSSR count). The number of carbonyl (C=O) groups excluding carboxylic acids is 2. The summed E-state index contributed by atoms with van der Waals surface area (Å²) in [7, 11) is 3.92. The molecule has 0 unspecified atom stereocenters. The minimum absolute atomic E-state index is 0.165. The van der Waals surface area contributed by atoms with Crippen molar-refractivity contribution in [1.29, 1.82) is 0 Å². The lowest BCUT2D eigenvalue weighted by Crippen LogP contribution is -2.28. The maximum atomic E-state index is 13.1. The zero-order chi connectivity index (χ0) is 25.3. The first-order valence-corrected chi connectivity index (χ1v) is 11.8. The van der Waals surface area contributed by atoms with Gasteiger partial charge < -0.3 is 20.0 Å². The number of carbonyl (C=O) groups is 2. The number of benzene rings is 2. The van der Waals surface area contributed by atoms with Gasteiger partial charge >= 0.3 is 0 Å². The van der Waals surface area contributed by atoms with Crippen molar-refractivity contribution >= 4 is 28.8 Å². The van der Waals surface area contributed by atoms with Crippen LogP contribution in [0.2, 0.25) is 0 Å². The van der Waals surface area contributed by atoms with Crippen molar-refractivity contribution in [3.8, 4) is 0 Å². The molecule has 0 saturated heterocycles. The van der Waals surface area contributed by atoms with E-state index in [1.807, 2.05) is 82.0 Å². The number of aromatic amines is 1. The van der Waals surface area contributed by atoms with E-state index in [1.54, 1.807) is 6.07 Å². The standard InChI is InChI=1S/C28H33N5O2/c1-18-19(2)31-33(6)26(18)16-32(5)25-14-21(11-12-23(25)28(3,4)17-34)27(35)29-15-22-13-20-9-7-8-10-24(20)30-22/h7-14,17,30H,15-16H2,1-6H3,(H,29,35). The number of para-hydroxylation sites is 1. The zero-order valence-corrected chi connectivity index (χ0v) is 21.3. The van der Waals surface area contributed by atoms with E-state index in [2.05, 4.69) is 27.2 Å². The molecule has 0 aliphatic rings. The van der Waals surface area contributed by atoms with Crippen molar-refractivity contribution < 1.29 is 9.59 Å².